The average molecular weight is 477 g/mol. The van der Waals surface area contributed by atoms with Crippen LogP contribution in [0.1, 0.15) is 38.8 Å². The molecule has 6 heteroatoms. The van der Waals surface area contributed by atoms with Crippen LogP contribution in [0.15, 0.2) is 36.4 Å². The molecule has 2 nitrogen and oxygen atoms in total. The average Bonchev–Trinajstić information content (AvgIpc) is 3.30. The summed E-state index contributed by atoms with van der Waals surface area (Å²) in [4.78, 5) is 0. The molecular weight excluding hydrogens is 446 g/mol. The highest BCUT2D eigenvalue weighted by molar-refractivity contribution is 7.63. The van der Waals surface area contributed by atoms with Crippen molar-refractivity contribution in [3.05, 3.63) is 47.5 Å². The normalized spacial score (nSPS) is 13.1. The molecule has 160 valence electrons. The van der Waals surface area contributed by atoms with E-state index in [2.05, 4.69) is 50.2 Å². The zero-order valence-corrected chi connectivity index (χ0v) is 21.7. The van der Waals surface area contributed by atoms with Gasteiger partial charge < -0.3 is 9.13 Å². The van der Waals surface area contributed by atoms with Crippen molar-refractivity contribution in [3.63, 3.8) is 0 Å². The summed E-state index contributed by atoms with van der Waals surface area (Å²) >= 11 is 3.69. The highest BCUT2D eigenvalue weighted by atomic mass is 32.1. The van der Waals surface area contributed by atoms with E-state index in [9.17, 15) is 9.13 Å². The molecule has 0 saturated carbocycles. The van der Waals surface area contributed by atoms with Crippen LogP contribution in [0.5, 0.6) is 0 Å². The second-order valence-electron chi connectivity index (χ2n) is 8.18. The van der Waals surface area contributed by atoms with Crippen molar-refractivity contribution in [2.45, 2.75) is 40.0 Å². The summed E-state index contributed by atoms with van der Waals surface area (Å²) in [7, 11) is -4.22. The Kier molecular flexibility index (Phi) is 6.35. The Morgan fingerprint density at radius 3 is 2.00 bits per heavy atom. The topological polar surface area (TPSA) is 34.1 Å². The highest BCUT2D eigenvalue weighted by Crippen LogP contribution is 2.52. The quantitative estimate of drug-likeness (QED) is 0.238. The smallest absolute Gasteiger partial charge is 0.0914 e. The third kappa shape index (κ3) is 3.97. The van der Waals surface area contributed by atoms with Crippen LogP contribution in [0, 0.1) is 0 Å². The standard InChI is InChI=1S/C24H30O2P2S2/c1-5-27(25,6-2)15-17-12-13-19-21(14-17)29-24-20-11-9-10-18(22(20)30-23(19)24)16-28(26,7-3)8-4/h9-14H,5-8,15-16H2,1-4H3. The Morgan fingerprint density at radius 1 is 0.700 bits per heavy atom. The lowest BCUT2D eigenvalue weighted by molar-refractivity contribution is 0.574. The molecule has 0 amide bonds. The van der Waals surface area contributed by atoms with Gasteiger partial charge >= 0.3 is 0 Å². The first-order valence-electron chi connectivity index (χ1n) is 10.8. The van der Waals surface area contributed by atoms with E-state index in [1.54, 1.807) is 0 Å². The van der Waals surface area contributed by atoms with Gasteiger partial charge in [-0.15, -0.1) is 22.7 Å². The molecule has 4 aromatic rings. The predicted molar refractivity (Wildman–Crippen MR) is 139 cm³/mol. The van der Waals surface area contributed by atoms with Crippen LogP contribution in [0.25, 0.3) is 29.6 Å². The largest absolute Gasteiger partial charge is 0.323 e. The van der Waals surface area contributed by atoms with Crippen molar-refractivity contribution < 1.29 is 9.13 Å². The Bertz CT molecular complexity index is 1300. The zero-order chi connectivity index (χ0) is 21.5. The molecule has 0 saturated heterocycles. The van der Waals surface area contributed by atoms with Gasteiger partial charge in [0, 0.05) is 32.5 Å². The van der Waals surface area contributed by atoms with E-state index in [1.807, 2.05) is 36.5 Å². The molecule has 0 spiro atoms. The van der Waals surface area contributed by atoms with Gasteiger partial charge in [-0.3, -0.25) is 0 Å². The molecule has 0 bridgehead atoms. The van der Waals surface area contributed by atoms with Crippen LogP contribution in [0.3, 0.4) is 0 Å². The van der Waals surface area contributed by atoms with Crippen molar-refractivity contribution in [1.82, 2.24) is 0 Å². The summed E-state index contributed by atoms with van der Waals surface area (Å²) in [5.41, 5.74) is 2.43. The van der Waals surface area contributed by atoms with Crippen molar-refractivity contribution in [2.75, 3.05) is 24.6 Å². The lowest BCUT2D eigenvalue weighted by atomic mass is 10.1. The molecule has 2 aromatic carbocycles. The van der Waals surface area contributed by atoms with E-state index in [4.69, 9.17) is 0 Å². The Morgan fingerprint density at radius 2 is 1.33 bits per heavy atom. The van der Waals surface area contributed by atoms with E-state index in [0.717, 1.165) is 24.6 Å². The Hall–Kier alpha value is -0.920. The summed E-state index contributed by atoms with van der Waals surface area (Å²) in [6.07, 6.45) is 4.49. The second kappa shape index (κ2) is 8.55. The second-order valence-corrected chi connectivity index (χ2v) is 17.7. The molecule has 0 aliphatic rings. The molecule has 0 radical (unpaired) electrons. The van der Waals surface area contributed by atoms with Crippen LogP contribution < -0.4 is 0 Å². The van der Waals surface area contributed by atoms with Gasteiger partial charge in [-0.2, -0.15) is 0 Å². The molecule has 0 aliphatic carbocycles. The fraction of sp³-hybridized carbons (Fsp3) is 0.417. The highest BCUT2D eigenvalue weighted by Gasteiger charge is 2.22. The minimum absolute atomic E-state index is 0.704. The van der Waals surface area contributed by atoms with Gasteiger partial charge in [0.2, 0.25) is 0 Å². The van der Waals surface area contributed by atoms with Gasteiger partial charge in [0.05, 0.1) is 23.7 Å². The molecule has 0 fully saturated rings. The SMILES string of the molecule is CCP(=O)(CC)Cc1ccc2c(c1)sc1c3cccc(CP(=O)(CC)CC)c3sc21. The van der Waals surface area contributed by atoms with Gasteiger partial charge in [-0.1, -0.05) is 58.0 Å². The lowest BCUT2D eigenvalue weighted by Gasteiger charge is -2.14. The molecule has 2 heterocycles. The van der Waals surface area contributed by atoms with Crippen LogP contribution in [-0.4, -0.2) is 24.6 Å². The zero-order valence-electron chi connectivity index (χ0n) is 18.2. The molecule has 30 heavy (non-hydrogen) atoms. The number of fused-ring (bicyclic) bond motifs is 5. The van der Waals surface area contributed by atoms with E-state index in [-0.39, 0.29) is 0 Å². The van der Waals surface area contributed by atoms with Crippen molar-refractivity contribution in [2.24, 2.45) is 0 Å². The number of benzene rings is 2. The summed E-state index contributed by atoms with van der Waals surface area (Å²) < 4.78 is 31.3. The maximum atomic E-state index is 13.1. The predicted octanol–water partition coefficient (Wildman–Crippen LogP) is 9.07. The minimum atomic E-state index is -2.13. The van der Waals surface area contributed by atoms with Crippen molar-refractivity contribution >= 4 is 66.5 Å². The van der Waals surface area contributed by atoms with Gasteiger partial charge in [0.25, 0.3) is 0 Å². The third-order valence-corrected chi connectivity index (χ3v) is 15.6. The third-order valence-electron chi connectivity index (χ3n) is 6.49. The maximum Gasteiger partial charge on any atom is 0.0914 e. The van der Waals surface area contributed by atoms with Crippen LogP contribution in [0.4, 0.5) is 0 Å². The van der Waals surface area contributed by atoms with E-state index >= 15 is 0 Å². The molecule has 2 aromatic heterocycles. The fourth-order valence-corrected chi connectivity index (χ4v) is 10.6. The summed E-state index contributed by atoms with van der Waals surface area (Å²) in [6.45, 7) is 8.20. The van der Waals surface area contributed by atoms with E-state index in [1.165, 1.54) is 40.7 Å². The van der Waals surface area contributed by atoms with E-state index < -0.39 is 14.3 Å². The molecular formula is C24H30O2P2S2. The fourth-order valence-electron chi connectivity index (χ4n) is 4.14. The monoisotopic (exact) mass is 476 g/mol. The van der Waals surface area contributed by atoms with Gasteiger partial charge in [-0.05, 0) is 41.8 Å². The number of rotatable bonds is 8. The first-order valence-corrected chi connectivity index (χ1v) is 17.0. The maximum absolute atomic E-state index is 13.1. The minimum Gasteiger partial charge on any atom is -0.323 e. The molecule has 4 rings (SSSR count). The summed E-state index contributed by atoms with van der Waals surface area (Å²) in [5.74, 6) is 0. The van der Waals surface area contributed by atoms with Crippen LogP contribution >= 0.6 is 37.0 Å². The van der Waals surface area contributed by atoms with Crippen LogP contribution in [0.2, 0.25) is 0 Å². The first kappa shape index (κ1) is 22.3. The molecule has 0 unspecified atom stereocenters. The number of hydrogen-bond donors (Lipinski definition) is 0. The number of hydrogen-bond acceptors (Lipinski definition) is 4. The Balaban J connectivity index is 1.81. The van der Waals surface area contributed by atoms with Crippen molar-refractivity contribution in [3.8, 4) is 0 Å². The van der Waals surface area contributed by atoms with Crippen molar-refractivity contribution in [1.29, 1.82) is 0 Å². The molecule has 0 N–H and O–H groups in total. The molecule has 0 atom stereocenters. The first-order chi connectivity index (χ1) is 14.3. The summed E-state index contributed by atoms with van der Waals surface area (Å²) in [6, 6.07) is 13.1. The number of thiophene rings is 2. The van der Waals surface area contributed by atoms with Gasteiger partial charge in [-0.25, -0.2) is 0 Å². The van der Waals surface area contributed by atoms with Gasteiger partial charge in [0.1, 0.15) is 0 Å². The summed E-state index contributed by atoms with van der Waals surface area (Å²) in [5, 5.41) is 2.59. The van der Waals surface area contributed by atoms with Gasteiger partial charge in [0.15, 0.2) is 0 Å². The Labute approximate surface area is 187 Å². The molecule has 0 aliphatic heterocycles. The lowest BCUT2D eigenvalue weighted by Crippen LogP contribution is -1.94. The van der Waals surface area contributed by atoms with E-state index in [0.29, 0.717) is 12.3 Å². The van der Waals surface area contributed by atoms with Crippen LogP contribution in [-0.2, 0) is 21.5 Å².